The predicted octanol–water partition coefficient (Wildman–Crippen LogP) is 10.2. The molecule has 0 saturated heterocycles. The Hall–Kier alpha value is -7.25. The van der Waals surface area contributed by atoms with Gasteiger partial charge in [0.05, 0.1) is 14.2 Å². The molecule has 4 aliphatic heterocycles. The van der Waals surface area contributed by atoms with Crippen LogP contribution in [0.2, 0.25) is 0 Å². The van der Waals surface area contributed by atoms with E-state index in [0.29, 0.717) is 33.8 Å². The molecule has 4 heterocycles. The van der Waals surface area contributed by atoms with Crippen molar-refractivity contribution >= 4 is 43.5 Å². The second kappa shape index (κ2) is 25.5. The number of fused-ring (bicyclic) bond motifs is 16. The van der Waals surface area contributed by atoms with Crippen LogP contribution in [0.4, 0.5) is 30.0 Å². The molecule has 0 spiro atoms. The molecule has 10 rings (SSSR count). The minimum absolute atomic E-state index is 0. The van der Waals surface area contributed by atoms with Crippen molar-refractivity contribution in [3.05, 3.63) is 181 Å². The molecule has 5 aromatic carbocycles. The van der Waals surface area contributed by atoms with E-state index in [9.17, 15) is 49.2 Å². The third-order valence-corrected chi connectivity index (χ3v) is 11.0. The summed E-state index contributed by atoms with van der Waals surface area (Å²) in [4.78, 5) is 84.9. The molecule has 16 nitrogen and oxygen atoms in total. The molecule has 5 aromatic rings. The molecule has 0 aromatic heterocycles. The molecule has 415 valence electrons. The van der Waals surface area contributed by atoms with E-state index in [0.717, 1.165) is 0 Å². The van der Waals surface area contributed by atoms with Gasteiger partial charge in [0.2, 0.25) is 29.4 Å². The Morgan fingerprint density at radius 1 is 0.564 bits per heavy atom. The monoisotopic (exact) mass is 1200 g/mol. The Morgan fingerprint density at radius 2 is 0.949 bits per heavy atom. The van der Waals surface area contributed by atoms with Crippen molar-refractivity contribution in [2.45, 2.75) is 69.4 Å². The summed E-state index contributed by atoms with van der Waals surface area (Å²) in [6.45, 7) is 5.06. The molecule has 7 bridgehead atoms. The first-order chi connectivity index (χ1) is 36.1. The Bertz CT molecular complexity index is 2880. The van der Waals surface area contributed by atoms with E-state index in [1.54, 1.807) is 130 Å². The quantitative estimate of drug-likeness (QED) is 0.0484. The van der Waals surface area contributed by atoms with Crippen LogP contribution in [0.1, 0.15) is 66.7 Å². The number of amides is 5. The topological polar surface area (TPSA) is 209 Å². The zero-order valence-corrected chi connectivity index (χ0v) is 44.9. The van der Waals surface area contributed by atoms with Crippen molar-refractivity contribution in [3.63, 3.8) is 0 Å². The predicted molar refractivity (Wildman–Crippen MR) is 271 cm³/mol. The van der Waals surface area contributed by atoms with E-state index < -0.39 is 79.3 Å². The number of esters is 1. The van der Waals surface area contributed by atoms with Gasteiger partial charge in [0.15, 0.2) is 11.5 Å². The van der Waals surface area contributed by atoms with Gasteiger partial charge in [-0.05, 0) is 117 Å². The van der Waals surface area contributed by atoms with Crippen LogP contribution in [0.3, 0.4) is 0 Å². The Balaban J connectivity index is 0.000000767. The number of halogens is 6. The number of methoxy groups -OCH3 is 2. The summed E-state index contributed by atoms with van der Waals surface area (Å²) in [5.41, 5.74) is 1.24. The molecule has 1 fully saturated rings. The summed E-state index contributed by atoms with van der Waals surface area (Å²) < 4.78 is 88.5. The fourth-order valence-electron chi connectivity index (χ4n) is 7.69. The minimum atomic E-state index is -10.7. The van der Waals surface area contributed by atoms with Gasteiger partial charge < -0.3 is 50.3 Å². The van der Waals surface area contributed by atoms with Crippen molar-refractivity contribution < 1.29 is 97.1 Å². The van der Waals surface area contributed by atoms with Gasteiger partial charge >= 0.3 is 64.5 Å². The van der Waals surface area contributed by atoms with Gasteiger partial charge in [0.1, 0.15) is 47.3 Å². The standard InChI is InChI=1S/C49H49N5O11.C5H5.F6P.Ru/c1-49(2,3)65-48(60)51-35-24-28-16-20-33(21-17-28)63-37-26-32-27-38(42(37)61-4)64-34-22-18-29(19-23-34)25-36(47(59)62-5)50-44(56)39(30-12-8-6-9-13-30)53-46(58)41(32)54-45(57)40(52-43(35)55)31-14-10-7-11-15-31;1-2-4-5-3-1;1-7(2,3,4,5)6;/h6-23,26-27,35-36,39-41H,24-25H2,1-5H3,(H,50,56)(H,51,60)(H,52,55)(H,53,58)(H,54,57);1-5H;;/q;;-1;+2. The Labute approximate surface area is 459 Å². The maximum absolute atomic E-state index is 15.0. The van der Waals surface area contributed by atoms with Crippen molar-refractivity contribution in [3.8, 4) is 28.7 Å². The average molecular weight is 1200 g/mol. The van der Waals surface area contributed by atoms with E-state index in [1.165, 1.54) is 26.4 Å². The van der Waals surface area contributed by atoms with E-state index in [-0.39, 0.29) is 55.1 Å². The number of rotatable bonds is 5. The third kappa shape index (κ3) is 19.6. The van der Waals surface area contributed by atoms with Gasteiger partial charge in [-0.2, -0.15) is 0 Å². The fourth-order valence-corrected chi connectivity index (χ4v) is 7.69. The second-order valence-corrected chi connectivity index (χ2v) is 20.2. The molecule has 24 heteroatoms. The van der Waals surface area contributed by atoms with Crippen molar-refractivity contribution in [2.24, 2.45) is 0 Å². The number of hydrogen-bond acceptors (Lipinski definition) is 11. The zero-order chi connectivity index (χ0) is 56.2. The summed E-state index contributed by atoms with van der Waals surface area (Å²) in [7, 11) is -8.03. The molecule has 1 saturated carbocycles. The van der Waals surface area contributed by atoms with Crippen molar-refractivity contribution in [1.82, 2.24) is 26.6 Å². The first-order valence-corrected chi connectivity index (χ1v) is 25.5. The molecule has 5 unspecified atom stereocenters. The third-order valence-electron chi connectivity index (χ3n) is 11.0. The first kappa shape index (κ1) is 61.6. The van der Waals surface area contributed by atoms with Crippen molar-refractivity contribution in [1.29, 1.82) is 0 Å². The zero-order valence-electron chi connectivity index (χ0n) is 42.3. The fraction of sp³-hybridized carbons (Fsp3) is 0.241. The van der Waals surface area contributed by atoms with Crippen LogP contribution in [0.25, 0.3) is 0 Å². The van der Waals surface area contributed by atoms with Crippen molar-refractivity contribution in [2.75, 3.05) is 14.2 Å². The summed E-state index contributed by atoms with van der Waals surface area (Å²) in [5, 5.41) is 13.8. The van der Waals surface area contributed by atoms with Gasteiger partial charge in [-0.25, -0.2) is 9.59 Å². The van der Waals surface area contributed by atoms with Gasteiger partial charge in [-0.15, -0.1) is 0 Å². The van der Waals surface area contributed by atoms with Crippen LogP contribution in [0, 0.1) is 32.1 Å². The molecule has 5 aliphatic rings. The maximum atomic E-state index is 15.0. The number of benzene rings is 5. The number of hydrogen-bond donors (Lipinski definition) is 5. The number of alkyl carbamates (subject to hydrolysis) is 1. The minimum Gasteiger partial charge on any atom is -0.0312 e. The summed E-state index contributed by atoms with van der Waals surface area (Å²) in [6, 6.07) is 26.4. The van der Waals surface area contributed by atoms with E-state index in [2.05, 4.69) is 26.6 Å². The molecular weight excluding hydrogens is 1140 g/mol. The molecule has 5 amide bonds. The van der Waals surface area contributed by atoms with Gasteiger partial charge in [0, 0.05) is 12.8 Å². The Morgan fingerprint density at radius 3 is 1.35 bits per heavy atom. The summed E-state index contributed by atoms with van der Waals surface area (Å²) >= 11 is 0. The first-order valence-electron chi connectivity index (χ1n) is 23.5. The summed E-state index contributed by atoms with van der Waals surface area (Å²) in [6.07, 6.45) is 9.16. The number of ether oxygens (including phenoxy) is 5. The average Bonchev–Trinajstić information content (AvgIpc) is 3.96. The number of nitrogens with one attached hydrogen (secondary N) is 5. The Kier molecular flexibility index (Phi) is 20.1. The number of carbonyl (C=O) groups is 6. The van der Waals surface area contributed by atoms with E-state index >= 15 is 4.79 Å². The van der Waals surface area contributed by atoms with Crippen LogP contribution >= 0.6 is 7.81 Å². The smallest absolute Gasteiger partial charge is 0.0312 e. The van der Waals surface area contributed by atoms with Gasteiger partial charge in [0.25, 0.3) is 0 Å². The second-order valence-electron chi connectivity index (χ2n) is 18.3. The molecule has 5 radical (unpaired) electrons. The van der Waals surface area contributed by atoms with Gasteiger partial charge in [-0.3, -0.25) is 19.2 Å². The van der Waals surface area contributed by atoms with Gasteiger partial charge in [-0.1, -0.05) is 84.9 Å². The molecule has 78 heavy (non-hydrogen) atoms. The van der Waals surface area contributed by atoms with Crippen LogP contribution in [-0.4, -0.2) is 67.6 Å². The van der Waals surface area contributed by atoms with Crippen LogP contribution in [0.5, 0.6) is 28.7 Å². The SMILES string of the molecule is COC(=O)C1Cc2ccc(cc2)Oc2cc3cc(c2OC)Oc2ccc(cc2)CC(NC(=O)OC(C)(C)C)C(=O)NC(c2ccccc2)C(=O)NC3C(=O)NC(c2ccccc2)C(=O)N1.F[P-](F)(F)(F)(F)F.[CH]1[CH][CH][CH][CH]1.[Ru+2]. The molecule has 5 atom stereocenters. The van der Waals surface area contributed by atoms with E-state index in [1.807, 2.05) is 32.1 Å². The molecule has 1 aliphatic carbocycles. The maximum Gasteiger partial charge on any atom is 2.00 e. The largest absolute Gasteiger partial charge is 2.00 e. The molecular formula is C54H54F6N5O11PRu+. The summed E-state index contributed by atoms with van der Waals surface area (Å²) in [5.74, 6) is -2.92. The van der Waals surface area contributed by atoms with E-state index in [4.69, 9.17) is 23.7 Å². The van der Waals surface area contributed by atoms with Crippen LogP contribution < -0.4 is 40.8 Å². The molecule has 5 N–H and O–H groups in total. The van der Waals surface area contributed by atoms with Crippen LogP contribution in [-0.2, 0) is 65.8 Å². The normalized spacial score (nSPS) is 20.4. The number of carbonyl (C=O) groups excluding carboxylic acids is 6. The van der Waals surface area contributed by atoms with Crippen LogP contribution in [0.15, 0.2) is 121 Å².